The van der Waals surface area contributed by atoms with Crippen molar-refractivity contribution in [2.75, 3.05) is 13.1 Å². The lowest BCUT2D eigenvalue weighted by Gasteiger charge is -2.26. The fourth-order valence-corrected chi connectivity index (χ4v) is 0.816. The van der Waals surface area contributed by atoms with Crippen molar-refractivity contribution in [3.63, 3.8) is 0 Å². The van der Waals surface area contributed by atoms with Gasteiger partial charge in [-0.2, -0.15) is 5.21 Å². The van der Waals surface area contributed by atoms with Crippen molar-refractivity contribution in [1.29, 1.82) is 0 Å². The van der Waals surface area contributed by atoms with Gasteiger partial charge in [-0.15, -0.1) is 10.2 Å². The molecule has 6 nitrogen and oxygen atoms in total. The number of ether oxygens (including phenoxy) is 1. The van der Waals surface area contributed by atoms with E-state index in [0.29, 0.717) is 18.5 Å². The Balaban J connectivity index is 1.74. The molecule has 0 saturated carbocycles. The number of tetrazole rings is 1. The van der Waals surface area contributed by atoms with Gasteiger partial charge in [0.15, 0.2) is 5.82 Å². The molecule has 11 heavy (non-hydrogen) atoms. The Morgan fingerprint density at radius 2 is 2.45 bits per heavy atom. The van der Waals surface area contributed by atoms with Crippen LogP contribution >= 0.6 is 0 Å². The number of rotatable bonds is 3. The summed E-state index contributed by atoms with van der Waals surface area (Å²) in [7, 11) is 0. The van der Waals surface area contributed by atoms with Crippen LogP contribution in [-0.2, 0) is 11.3 Å². The molecule has 2 heterocycles. The summed E-state index contributed by atoms with van der Waals surface area (Å²) in [4.78, 5) is 0. The van der Waals surface area contributed by atoms with Crippen molar-refractivity contribution in [1.82, 2.24) is 25.9 Å². The van der Waals surface area contributed by atoms with E-state index in [4.69, 9.17) is 4.74 Å². The topological polar surface area (TPSA) is 75.7 Å². The van der Waals surface area contributed by atoms with Gasteiger partial charge in [-0.25, -0.2) is 0 Å². The second-order valence-electron chi connectivity index (χ2n) is 2.42. The number of H-pyrrole nitrogens is 1. The van der Waals surface area contributed by atoms with Crippen LogP contribution in [0.15, 0.2) is 0 Å². The molecule has 0 amide bonds. The van der Waals surface area contributed by atoms with E-state index < -0.39 is 0 Å². The van der Waals surface area contributed by atoms with Gasteiger partial charge in [-0.1, -0.05) is 5.21 Å². The van der Waals surface area contributed by atoms with Gasteiger partial charge in [-0.05, 0) is 0 Å². The summed E-state index contributed by atoms with van der Waals surface area (Å²) in [6.07, 6.45) is 0.327. The molecule has 0 aromatic carbocycles. The first kappa shape index (κ1) is 6.68. The highest BCUT2D eigenvalue weighted by Crippen LogP contribution is 2.00. The van der Waals surface area contributed by atoms with E-state index in [2.05, 4.69) is 25.9 Å². The largest absolute Gasteiger partial charge is 0.367 e. The third-order valence-electron chi connectivity index (χ3n) is 1.58. The number of aromatic amines is 1. The lowest BCUT2D eigenvalue weighted by atomic mass is 10.2. The molecule has 0 bridgehead atoms. The van der Waals surface area contributed by atoms with Crippen LogP contribution in [0.25, 0.3) is 0 Å². The van der Waals surface area contributed by atoms with E-state index in [1.54, 1.807) is 0 Å². The minimum absolute atomic E-state index is 0.327. The van der Waals surface area contributed by atoms with Gasteiger partial charge in [0.05, 0.1) is 6.10 Å². The first-order chi connectivity index (χ1) is 5.45. The van der Waals surface area contributed by atoms with E-state index in [-0.39, 0.29) is 0 Å². The normalized spacial score (nSPS) is 18.2. The highest BCUT2D eigenvalue weighted by molar-refractivity contribution is 4.77. The lowest BCUT2D eigenvalue weighted by molar-refractivity contribution is 0.00441. The molecule has 0 aliphatic carbocycles. The van der Waals surface area contributed by atoms with E-state index in [0.717, 1.165) is 13.1 Å². The zero-order chi connectivity index (χ0) is 7.52. The summed E-state index contributed by atoms with van der Waals surface area (Å²) in [6.45, 7) is 2.30. The molecule has 1 aliphatic rings. The maximum absolute atomic E-state index is 5.37. The highest BCUT2D eigenvalue weighted by Gasteiger charge is 2.17. The molecule has 60 valence electrons. The van der Waals surface area contributed by atoms with Crippen LogP contribution < -0.4 is 5.32 Å². The summed E-state index contributed by atoms with van der Waals surface area (Å²) in [6, 6.07) is 0. The molecular weight excluding hydrogens is 146 g/mol. The summed E-state index contributed by atoms with van der Waals surface area (Å²) in [5.74, 6) is 0.608. The maximum atomic E-state index is 5.37. The molecule has 0 unspecified atom stereocenters. The van der Waals surface area contributed by atoms with Gasteiger partial charge < -0.3 is 10.1 Å². The van der Waals surface area contributed by atoms with Crippen LogP contribution in [0.3, 0.4) is 0 Å². The minimum atomic E-state index is 0.327. The molecule has 1 aromatic heterocycles. The third-order valence-corrected chi connectivity index (χ3v) is 1.58. The Kier molecular flexibility index (Phi) is 1.78. The Bertz CT molecular complexity index is 207. The molecular formula is C5H9N5O. The molecule has 1 fully saturated rings. The number of hydrogen-bond donors (Lipinski definition) is 2. The lowest BCUT2D eigenvalue weighted by Crippen LogP contribution is -2.48. The van der Waals surface area contributed by atoms with E-state index in [9.17, 15) is 0 Å². The van der Waals surface area contributed by atoms with Crippen LogP contribution in [0, 0.1) is 0 Å². The summed E-state index contributed by atoms with van der Waals surface area (Å²) in [5, 5.41) is 16.4. The third kappa shape index (κ3) is 1.52. The zero-order valence-corrected chi connectivity index (χ0v) is 5.95. The van der Waals surface area contributed by atoms with Gasteiger partial charge in [-0.3, -0.25) is 0 Å². The molecule has 1 saturated heterocycles. The Labute approximate surface area is 63.3 Å². The van der Waals surface area contributed by atoms with Crippen molar-refractivity contribution in [3.05, 3.63) is 5.82 Å². The van der Waals surface area contributed by atoms with Gasteiger partial charge in [0.1, 0.15) is 6.61 Å². The predicted octanol–water partition coefficient (Wildman–Crippen LogP) is -1.31. The summed E-state index contributed by atoms with van der Waals surface area (Å²) in [5.41, 5.74) is 0. The Hall–Kier alpha value is -1.01. The Morgan fingerprint density at radius 1 is 1.55 bits per heavy atom. The molecule has 1 aromatic rings. The first-order valence-corrected chi connectivity index (χ1v) is 3.50. The fourth-order valence-electron chi connectivity index (χ4n) is 0.816. The average Bonchev–Trinajstić information content (AvgIpc) is 2.36. The van der Waals surface area contributed by atoms with Crippen LogP contribution in [0.1, 0.15) is 5.82 Å². The zero-order valence-electron chi connectivity index (χ0n) is 5.95. The van der Waals surface area contributed by atoms with Gasteiger partial charge in [0.2, 0.25) is 0 Å². The number of aromatic nitrogens is 4. The van der Waals surface area contributed by atoms with E-state index in [1.165, 1.54) is 0 Å². The first-order valence-electron chi connectivity index (χ1n) is 3.50. The van der Waals surface area contributed by atoms with Crippen LogP contribution in [0.4, 0.5) is 0 Å². The number of hydrogen-bond acceptors (Lipinski definition) is 5. The van der Waals surface area contributed by atoms with Crippen LogP contribution in [-0.4, -0.2) is 39.8 Å². The standard InChI is InChI=1S/C5H9N5O/c1-4(2-6-1)11-3-5-7-9-10-8-5/h4,6H,1-3H2,(H,7,8,9,10). The highest BCUT2D eigenvalue weighted by atomic mass is 16.5. The molecule has 2 N–H and O–H groups in total. The van der Waals surface area contributed by atoms with Crippen molar-refractivity contribution >= 4 is 0 Å². The smallest absolute Gasteiger partial charge is 0.200 e. The summed E-state index contributed by atoms with van der Waals surface area (Å²) >= 11 is 0. The maximum Gasteiger partial charge on any atom is 0.200 e. The molecule has 0 radical (unpaired) electrons. The van der Waals surface area contributed by atoms with Crippen LogP contribution in [0.2, 0.25) is 0 Å². The second-order valence-corrected chi connectivity index (χ2v) is 2.42. The molecule has 0 spiro atoms. The molecule has 6 heteroatoms. The molecule has 0 atom stereocenters. The molecule has 1 aliphatic heterocycles. The van der Waals surface area contributed by atoms with Gasteiger partial charge in [0, 0.05) is 13.1 Å². The van der Waals surface area contributed by atoms with Gasteiger partial charge in [0.25, 0.3) is 0 Å². The number of nitrogens with one attached hydrogen (secondary N) is 2. The van der Waals surface area contributed by atoms with Gasteiger partial charge >= 0.3 is 0 Å². The average molecular weight is 155 g/mol. The quantitative estimate of drug-likeness (QED) is 0.566. The van der Waals surface area contributed by atoms with Crippen LogP contribution in [0.5, 0.6) is 0 Å². The monoisotopic (exact) mass is 155 g/mol. The van der Waals surface area contributed by atoms with E-state index >= 15 is 0 Å². The van der Waals surface area contributed by atoms with Crippen molar-refractivity contribution in [2.45, 2.75) is 12.7 Å². The summed E-state index contributed by atoms with van der Waals surface area (Å²) < 4.78 is 5.37. The number of nitrogens with zero attached hydrogens (tertiary/aromatic N) is 3. The van der Waals surface area contributed by atoms with Crippen molar-refractivity contribution in [2.24, 2.45) is 0 Å². The minimum Gasteiger partial charge on any atom is -0.367 e. The molecule has 2 rings (SSSR count). The van der Waals surface area contributed by atoms with E-state index in [1.807, 2.05) is 0 Å². The second kappa shape index (κ2) is 2.93. The predicted molar refractivity (Wildman–Crippen MR) is 35.6 cm³/mol. The van der Waals surface area contributed by atoms with Crippen molar-refractivity contribution in [3.8, 4) is 0 Å². The van der Waals surface area contributed by atoms with Crippen molar-refractivity contribution < 1.29 is 4.74 Å². The Morgan fingerprint density at radius 3 is 3.00 bits per heavy atom. The fraction of sp³-hybridized carbons (Fsp3) is 0.800. The SMILES string of the molecule is C(OC1CNC1)c1nn[nH]n1.